The number of benzene rings is 1. The third kappa shape index (κ3) is 4.72. The maximum Gasteiger partial charge on any atom is 0.258 e. The molecular formula is C28H30N2O3. The predicted molar refractivity (Wildman–Crippen MR) is 132 cm³/mol. The van der Waals surface area contributed by atoms with Crippen LogP contribution in [0, 0.1) is 13.8 Å². The summed E-state index contributed by atoms with van der Waals surface area (Å²) in [6.45, 7) is 15.7. The fourth-order valence-electron chi connectivity index (χ4n) is 4.45. The molecule has 0 radical (unpaired) electrons. The molecule has 0 unspecified atom stereocenters. The van der Waals surface area contributed by atoms with Gasteiger partial charge in [0.1, 0.15) is 0 Å². The van der Waals surface area contributed by atoms with Gasteiger partial charge in [0.15, 0.2) is 0 Å². The number of rotatable bonds is 6. The third-order valence-corrected chi connectivity index (χ3v) is 5.76. The number of hydrogen-bond acceptors (Lipinski definition) is 3. The molecule has 5 nitrogen and oxygen atoms in total. The Morgan fingerprint density at radius 1 is 0.909 bits per heavy atom. The van der Waals surface area contributed by atoms with E-state index in [0.717, 1.165) is 39.1 Å². The maximum atomic E-state index is 12.3. The summed E-state index contributed by atoms with van der Waals surface area (Å²) in [5.41, 5.74) is 8.11. The van der Waals surface area contributed by atoms with Crippen LogP contribution in [0.15, 0.2) is 83.3 Å². The van der Waals surface area contributed by atoms with E-state index in [1.165, 1.54) is 23.1 Å². The van der Waals surface area contributed by atoms with Gasteiger partial charge in [-0.1, -0.05) is 36.4 Å². The standard InChI is InChI=1S/C28H30N2O3/c1-8-22(13-18(4)27(17(2)3)30-25(32)11-12-26(30)33)16-23-14-19(5)28(20(6)15-23)29-21(7)9-10-24(29)31/h8-15H,7,16H2,1-6H3/b18-13-,22-8+. The quantitative estimate of drug-likeness (QED) is 0.439. The number of hydrogen-bond donors (Lipinski definition) is 0. The molecule has 33 heavy (non-hydrogen) atoms. The normalized spacial score (nSPS) is 16.5. The summed E-state index contributed by atoms with van der Waals surface area (Å²) in [6, 6.07) is 4.18. The van der Waals surface area contributed by atoms with Crippen LogP contribution in [0.1, 0.15) is 44.4 Å². The molecule has 0 saturated heterocycles. The van der Waals surface area contributed by atoms with Gasteiger partial charge in [-0.15, -0.1) is 0 Å². The third-order valence-electron chi connectivity index (χ3n) is 5.76. The highest BCUT2D eigenvalue weighted by Crippen LogP contribution is 2.33. The summed E-state index contributed by atoms with van der Waals surface area (Å²) in [4.78, 5) is 39.7. The van der Waals surface area contributed by atoms with Crippen molar-refractivity contribution in [2.45, 2.75) is 48.0 Å². The van der Waals surface area contributed by atoms with E-state index < -0.39 is 0 Å². The molecule has 0 bridgehead atoms. The number of aryl methyl sites for hydroxylation is 2. The monoisotopic (exact) mass is 442 g/mol. The van der Waals surface area contributed by atoms with E-state index in [1.807, 2.05) is 53.7 Å². The number of amides is 3. The Kier molecular flexibility index (Phi) is 6.82. The summed E-state index contributed by atoms with van der Waals surface area (Å²) >= 11 is 0. The lowest BCUT2D eigenvalue weighted by Crippen LogP contribution is -2.30. The van der Waals surface area contributed by atoms with Crippen molar-refractivity contribution in [3.63, 3.8) is 0 Å². The maximum absolute atomic E-state index is 12.3. The van der Waals surface area contributed by atoms with Gasteiger partial charge in [-0.05, 0) is 81.9 Å². The van der Waals surface area contributed by atoms with Gasteiger partial charge < -0.3 is 0 Å². The molecular weight excluding hydrogens is 412 g/mol. The Balaban J connectivity index is 1.89. The molecule has 0 spiro atoms. The number of nitrogens with zero attached hydrogens (tertiary/aromatic N) is 2. The highest BCUT2D eigenvalue weighted by Gasteiger charge is 2.28. The largest absolute Gasteiger partial charge is 0.278 e. The molecule has 5 heteroatoms. The number of imide groups is 1. The molecule has 0 N–H and O–H groups in total. The van der Waals surface area contributed by atoms with Crippen LogP contribution in [0.2, 0.25) is 0 Å². The van der Waals surface area contributed by atoms with Crippen LogP contribution in [0.4, 0.5) is 5.69 Å². The van der Waals surface area contributed by atoms with E-state index in [-0.39, 0.29) is 17.7 Å². The first kappa shape index (κ1) is 23.9. The van der Waals surface area contributed by atoms with Crippen molar-refractivity contribution < 1.29 is 14.4 Å². The second kappa shape index (κ2) is 9.41. The van der Waals surface area contributed by atoms with Crippen LogP contribution >= 0.6 is 0 Å². The fraction of sp³-hybridized carbons (Fsp3) is 0.250. The zero-order valence-corrected chi connectivity index (χ0v) is 20.2. The average molecular weight is 443 g/mol. The molecule has 1 aromatic carbocycles. The van der Waals surface area contributed by atoms with E-state index >= 15 is 0 Å². The number of carbonyl (C=O) groups excluding carboxylic acids is 3. The highest BCUT2D eigenvalue weighted by molar-refractivity contribution is 6.14. The van der Waals surface area contributed by atoms with Gasteiger partial charge in [-0.3, -0.25) is 19.3 Å². The van der Waals surface area contributed by atoms with Crippen molar-refractivity contribution in [3.05, 3.63) is 100.0 Å². The molecule has 2 aliphatic rings. The Morgan fingerprint density at radius 2 is 1.45 bits per heavy atom. The van der Waals surface area contributed by atoms with E-state index in [0.29, 0.717) is 17.8 Å². The van der Waals surface area contributed by atoms with Gasteiger partial charge in [-0.2, -0.15) is 0 Å². The Labute approximate surface area is 195 Å². The second-order valence-corrected chi connectivity index (χ2v) is 8.64. The summed E-state index contributed by atoms with van der Waals surface area (Å²) in [5, 5.41) is 0. The zero-order valence-electron chi connectivity index (χ0n) is 20.2. The summed E-state index contributed by atoms with van der Waals surface area (Å²) < 4.78 is 0. The smallest absolute Gasteiger partial charge is 0.258 e. The Hall–Kier alpha value is -3.73. The van der Waals surface area contributed by atoms with Gasteiger partial charge in [0.05, 0.1) is 11.4 Å². The lowest BCUT2D eigenvalue weighted by molar-refractivity contribution is -0.134. The first-order valence-corrected chi connectivity index (χ1v) is 10.9. The van der Waals surface area contributed by atoms with Crippen LogP contribution in [0.25, 0.3) is 0 Å². The summed E-state index contributed by atoms with van der Waals surface area (Å²) in [6.07, 6.45) is 10.6. The van der Waals surface area contributed by atoms with Gasteiger partial charge in [-0.25, -0.2) is 4.90 Å². The molecule has 2 heterocycles. The van der Waals surface area contributed by atoms with Crippen LogP contribution in [0.3, 0.4) is 0 Å². The first-order valence-electron chi connectivity index (χ1n) is 10.9. The van der Waals surface area contributed by atoms with Crippen LogP contribution < -0.4 is 4.90 Å². The van der Waals surface area contributed by atoms with E-state index in [9.17, 15) is 14.4 Å². The number of anilines is 1. The van der Waals surface area contributed by atoms with Crippen LogP contribution in [0.5, 0.6) is 0 Å². The summed E-state index contributed by atoms with van der Waals surface area (Å²) in [5.74, 6) is -0.720. The fourth-order valence-corrected chi connectivity index (χ4v) is 4.45. The summed E-state index contributed by atoms with van der Waals surface area (Å²) in [7, 11) is 0. The van der Waals surface area contributed by atoms with Crippen LogP contribution in [-0.4, -0.2) is 22.6 Å². The van der Waals surface area contributed by atoms with Crippen molar-refractivity contribution >= 4 is 23.4 Å². The molecule has 3 amide bonds. The Bertz CT molecular complexity index is 1160. The Morgan fingerprint density at radius 3 is 1.91 bits per heavy atom. The van der Waals surface area contributed by atoms with Crippen molar-refractivity contribution in [1.29, 1.82) is 0 Å². The minimum Gasteiger partial charge on any atom is -0.278 e. The molecule has 0 aliphatic carbocycles. The van der Waals surface area contributed by atoms with E-state index in [2.05, 4.69) is 18.7 Å². The second-order valence-electron chi connectivity index (χ2n) is 8.64. The van der Waals surface area contributed by atoms with Gasteiger partial charge in [0.25, 0.3) is 17.7 Å². The first-order chi connectivity index (χ1) is 15.5. The van der Waals surface area contributed by atoms with Crippen molar-refractivity contribution in [1.82, 2.24) is 4.90 Å². The minimum absolute atomic E-state index is 0.0820. The topological polar surface area (TPSA) is 57.7 Å². The van der Waals surface area contributed by atoms with Gasteiger partial charge >= 0.3 is 0 Å². The zero-order chi connectivity index (χ0) is 24.4. The van der Waals surface area contributed by atoms with Gasteiger partial charge in [0, 0.05) is 23.9 Å². The van der Waals surface area contributed by atoms with Crippen molar-refractivity contribution in [2.75, 3.05) is 4.90 Å². The highest BCUT2D eigenvalue weighted by atomic mass is 16.2. The van der Waals surface area contributed by atoms with Crippen molar-refractivity contribution in [3.8, 4) is 0 Å². The molecule has 0 saturated carbocycles. The molecule has 0 aromatic heterocycles. The molecule has 3 rings (SSSR count). The lowest BCUT2D eigenvalue weighted by Gasteiger charge is -2.23. The van der Waals surface area contributed by atoms with Crippen LogP contribution in [-0.2, 0) is 20.8 Å². The average Bonchev–Trinajstić information content (AvgIpc) is 3.23. The lowest BCUT2D eigenvalue weighted by atomic mass is 9.96. The molecule has 0 atom stereocenters. The molecule has 0 fully saturated rings. The van der Waals surface area contributed by atoms with Crippen molar-refractivity contribution in [2.24, 2.45) is 0 Å². The molecule has 2 aliphatic heterocycles. The van der Waals surface area contributed by atoms with E-state index in [4.69, 9.17) is 0 Å². The van der Waals surface area contributed by atoms with Gasteiger partial charge in [0.2, 0.25) is 0 Å². The number of allylic oxidation sites excluding steroid dienone is 6. The molecule has 1 aromatic rings. The predicted octanol–water partition coefficient (Wildman–Crippen LogP) is 5.37. The minimum atomic E-state index is -0.319. The number of carbonyl (C=O) groups is 3. The SMILES string of the molecule is C=C1C=CC(=O)N1c1c(C)cc(CC(=C/C)/C=C(/C)C(=C(C)C)N2C(=O)C=CC2=O)cc1C. The van der Waals surface area contributed by atoms with E-state index in [1.54, 1.807) is 11.0 Å². The molecule has 170 valence electrons.